The lowest BCUT2D eigenvalue weighted by atomic mass is 10.1. The van der Waals surface area contributed by atoms with E-state index < -0.39 is 0 Å². The Hall–Kier alpha value is -2.57. The van der Waals surface area contributed by atoms with Gasteiger partial charge in [-0.1, -0.05) is 6.42 Å². The molecular formula is C18H24N4O3. The van der Waals surface area contributed by atoms with Crippen LogP contribution in [-0.2, 0) is 19.4 Å². The van der Waals surface area contributed by atoms with Crippen LogP contribution in [0.3, 0.4) is 0 Å². The van der Waals surface area contributed by atoms with Crippen LogP contribution >= 0.6 is 0 Å². The van der Waals surface area contributed by atoms with E-state index in [1.54, 1.807) is 25.3 Å². The number of methoxy groups -OCH3 is 2. The minimum Gasteiger partial charge on any atom is -0.497 e. The number of carbonyl (C=O) groups is 1. The maximum Gasteiger partial charge on any atom is 0.255 e. The Bertz CT molecular complexity index is 742. The molecule has 2 aromatic rings. The van der Waals surface area contributed by atoms with Gasteiger partial charge in [0.05, 0.1) is 19.8 Å². The first-order valence-corrected chi connectivity index (χ1v) is 8.64. The summed E-state index contributed by atoms with van der Waals surface area (Å²) in [5.74, 6) is 2.98. The fourth-order valence-corrected chi connectivity index (χ4v) is 3.10. The van der Waals surface area contributed by atoms with Gasteiger partial charge < -0.3 is 19.4 Å². The lowest BCUT2D eigenvalue weighted by Crippen LogP contribution is -2.27. The molecule has 0 bridgehead atoms. The second-order valence-corrected chi connectivity index (χ2v) is 6.07. The van der Waals surface area contributed by atoms with E-state index in [1.807, 2.05) is 0 Å². The third-order valence-electron chi connectivity index (χ3n) is 4.47. The van der Waals surface area contributed by atoms with Crippen LogP contribution < -0.4 is 14.8 Å². The second kappa shape index (κ2) is 8.00. The zero-order valence-corrected chi connectivity index (χ0v) is 14.7. The van der Waals surface area contributed by atoms with Crippen LogP contribution in [-0.4, -0.2) is 41.4 Å². The highest BCUT2D eigenvalue weighted by molar-refractivity contribution is 5.97. The number of nitrogens with zero attached hydrogens (tertiary/aromatic N) is 3. The van der Waals surface area contributed by atoms with E-state index in [9.17, 15) is 4.79 Å². The molecule has 134 valence electrons. The van der Waals surface area contributed by atoms with Crippen LogP contribution in [0.1, 0.15) is 41.3 Å². The molecule has 0 atom stereocenters. The van der Waals surface area contributed by atoms with Crippen LogP contribution in [0, 0.1) is 0 Å². The highest BCUT2D eigenvalue weighted by Gasteiger charge is 2.16. The molecule has 1 N–H and O–H groups in total. The van der Waals surface area contributed by atoms with E-state index in [4.69, 9.17) is 9.47 Å². The van der Waals surface area contributed by atoms with Gasteiger partial charge in [-0.25, -0.2) is 0 Å². The number of aryl methyl sites for hydroxylation is 1. The van der Waals surface area contributed by atoms with Crippen molar-refractivity contribution in [1.82, 2.24) is 20.1 Å². The number of ether oxygens (including phenoxy) is 2. The number of nitrogens with one attached hydrogen (secondary N) is 1. The number of amides is 1. The molecule has 1 aliphatic heterocycles. The molecule has 7 heteroatoms. The average Bonchev–Trinajstić information content (AvgIpc) is 2.87. The summed E-state index contributed by atoms with van der Waals surface area (Å²) in [5, 5.41) is 11.5. The molecule has 0 unspecified atom stereocenters. The molecule has 0 radical (unpaired) electrons. The second-order valence-electron chi connectivity index (χ2n) is 6.07. The van der Waals surface area contributed by atoms with Crippen molar-refractivity contribution in [2.75, 3.05) is 20.8 Å². The standard InChI is InChI=1S/C18H24N4O3/c1-24-13-7-8-14(15(12-13)25-2)18(23)19-10-9-17-21-20-16-6-4-3-5-11-22(16)17/h7-8,12H,3-6,9-11H2,1-2H3,(H,19,23). The summed E-state index contributed by atoms with van der Waals surface area (Å²) in [6.07, 6.45) is 5.22. The van der Waals surface area contributed by atoms with Crippen molar-refractivity contribution < 1.29 is 14.3 Å². The summed E-state index contributed by atoms with van der Waals surface area (Å²) in [7, 11) is 3.12. The molecule has 0 saturated heterocycles. The molecule has 1 aromatic carbocycles. The molecule has 25 heavy (non-hydrogen) atoms. The number of fused-ring (bicyclic) bond motifs is 1. The summed E-state index contributed by atoms with van der Waals surface area (Å²) in [6, 6.07) is 5.15. The Morgan fingerprint density at radius 1 is 1.20 bits per heavy atom. The summed E-state index contributed by atoms with van der Waals surface area (Å²) < 4.78 is 12.6. The lowest BCUT2D eigenvalue weighted by molar-refractivity contribution is 0.0951. The van der Waals surface area contributed by atoms with Crippen molar-refractivity contribution in [2.24, 2.45) is 0 Å². The summed E-state index contributed by atoms with van der Waals surface area (Å²) >= 11 is 0. The first-order chi connectivity index (χ1) is 12.2. The number of benzene rings is 1. The highest BCUT2D eigenvalue weighted by atomic mass is 16.5. The van der Waals surface area contributed by atoms with Gasteiger partial charge in [0.1, 0.15) is 23.1 Å². The van der Waals surface area contributed by atoms with Crippen molar-refractivity contribution in [3.63, 3.8) is 0 Å². The largest absolute Gasteiger partial charge is 0.497 e. The minimum atomic E-state index is -0.171. The Morgan fingerprint density at radius 2 is 2.08 bits per heavy atom. The molecule has 0 spiro atoms. The van der Waals surface area contributed by atoms with Crippen LogP contribution in [0.25, 0.3) is 0 Å². The van der Waals surface area contributed by atoms with Crippen molar-refractivity contribution in [2.45, 2.75) is 38.6 Å². The monoisotopic (exact) mass is 344 g/mol. The Balaban J connectivity index is 1.61. The van der Waals surface area contributed by atoms with Gasteiger partial charge in [-0.2, -0.15) is 0 Å². The van der Waals surface area contributed by atoms with E-state index in [-0.39, 0.29) is 5.91 Å². The number of hydrogen-bond acceptors (Lipinski definition) is 5. The SMILES string of the molecule is COc1ccc(C(=O)NCCc2nnc3n2CCCCC3)c(OC)c1. The van der Waals surface area contributed by atoms with Crippen molar-refractivity contribution >= 4 is 5.91 Å². The predicted octanol–water partition coefficient (Wildman–Crippen LogP) is 1.99. The van der Waals surface area contributed by atoms with Gasteiger partial charge in [0.2, 0.25) is 0 Å². The van der Waals surface area contributed by atoms with E-state index in [0.717, 1.165) is 31.0 Å². The molecule has 0 saturated carbocycles. The van der Waals surface area contributed by atoms with Gasteiger partial charge in [0.25, 0.3) is 5.91 Å². The molecule has 2 heterocycles. The van der Waals surface area contributed by atoms with Gasteiger partial charge in [-0.15, -0.1) is 10.2 Å². The number of carbonyl (C=O) groups excluding carboxylic acids is 1. The Kier molecular flexibility index (Phi) is 5.53. The number of hydrogen-bond donors (Lipinski definition) is 1. The van der Waals surface area contributed by atoms with Crippen LogP contribution in [0.4, 0.5) is 0 Å². The molecule has 0 aliphatic carbocycles. The molecule has 1 amide bonds. The van der Waals surface area contributed by atoms with E-state index in [2.05, 4.69) is 20.1 Å². The van der Waals surface area contributed by atoms with Crippen LogP contribution in [0.15, 0.2) is 18.2 Å². The Labute approximate surface area is 147 Å². The van der Waals surface area contributed by atoms with E-state index >= 15 is 0 Å². The normalized spacial score (nSPS) is 13.7. The third kappa shape index (κ3) is 3.92. The molecular weight excluding hydrogens is 320 g/mol. The first kappa shape index (κ1) is 17.3. The minimum absolute atomic E-state index is 0.171. The van der Waals surface area contributed by atoms with Crippen LogP contribution in [0.2, 0.25) is 0 Å². The molecule has 1 aromatic heterocycles. The van der Waals surface area contributed by atoms with Crippen molar-refractivity contribution in [3.8, 4) is 11.5 Å². The average molecular weight is 344 g/mol. The zero-order valence-electron chi connectivity index (χ0n) is 14.7. The van der Waals surface area contributed by atoms with E-state index in [0.29, 0.717) is 30.0 Å². The smallest absolute Gasteiger partial charge is 0.255 e. The van der Waals surface area contributed by atoms with Gasteiger partial charge in [-0.05, 0) is 25.0 Å². The van der Waals surface area contributed by atoms with E-state index in [1.165, 1.54) is 20.0 Å². The van der Waals surface area contributed by atoms with Gasteiger partial charge in [-0.3, -0.25) is 4.79 Å². The summed E-state index contributed by atoms with van der Waals surface area (Å²) in [6.45, 7) is 1.48. The maximum absolute atomic E-state index is 12.4. The summed E-state index contributed by atoms with van der Waals surface area (Å²) in [5.41, 5.74) is 0.489. The van der Waals surface area contributed by atoms with Gasteiger partial charge >= 0.3 is 0 Å². The third-order valence-corrected chi connectivity index (χ3v) is 4.47. The fourth-order valence-electron chi connectivity index (χ4n) is 3.10. The zero-order chi connectivity index (χ0) is 17.6. The quantitative estimate of drug-likeness (QED) is 0.867. The first-order valence-electron chi connectivity index (χ1n) is 8.64. The van der Waals surface area contributed by atoms with Gasteiger partial charge in [0, 0.05) is 32.0 Å². The highest BCUT2D eigenvalue weighted by Crippen LogP contribution is 2.24. The van der Waals surface area contributed by atoms with Crippen molar-refractivity contribution in [3.05, 3.63) is 35.4 Å². The number of aromatic nitrogens is 3. The Morgan fingerprint density at radius 3 is 2.88 bits per heavy atom. The maximum atomic E-state index is 12.4. The molecule has 1 aliphatic rings. The molecule has 0 fully saturated rings. The van der Waals surface area contributed by atoms with Gasteiger partial charge in [0.15, 0.2) is 0 Å². The lowest BCUT2D eigenvalue weighted by Gasteiger charge is -2.11. The predicted molar refractivity (Wildman–Crippen MR) is 93.2 cm³/mol. The fraction of sp³-hybridized carbons (Fsp3) is 0.500. The van der Waals surface area contributed by atoms with Crippen molar-refractivity contribution in [1.29, 1.82) is 0 Å². The molecule has 3 rings (SSSR count). The van der Waals surface area contributed by atoms with Crippen LogP contribution in [0.5, 0.6) is 11.5 Å². The molecule has 7 nitrogen and oxygen atoms in total. The summed E-state index contributed by atoms with van der Waals surface area (Å²) in [4.78, 5) is 12.4. The topological polar surface area (TPSA) is 78.3 Å². The number of rotatable bonds is 6.